The fraction of sp³-hybridized carbons (Fsp3) is 0.647. The van der Waals surface area contributed by atoms with Crippen LogP contribution in [0.1, 0.15) is 45.2 Å². The van der Waals surface area contributed by atoms with E-state index in [1.54, 1.807) is 0 Å². The summed E-state index contributed by atoms with van der Waals surface area (Å²) in [6.07, 6.45) is 1.23. The summed E-state index contributed by atoms with van der Waals surface area (Å²) >= 11 is 0. The number of nitrogens with zero attached hydrogens (tertiary/aromatic N) is 1. The topological polar surface area (TPSA) is 15.3 Å². The molecule has 0 saturated carbocycles. The summed E-state index contributed by atoms with van der Waals surface area (Å²) in [4.78, 5) is 2.49. The molecule has 1 aromatic rings. The van der Waals surface area contributed by atoms with Crippen molar-refractivity contribution in [3.05, 3.63) is 35.4 Å². The molecule has 1 aliphatic heterocycles. The average Bonchev–Trinajstić information content (AvgIpc) is 2.52. The largest absolute Gasteiger partial charge is 0.315 e. The van der Waals surface area contributed by atoms with Gasteiger partial charge in [-0.15, -0.1) is 0 Å². The first kappa shape index (κ1) is 14.5. The van der Waals surface area contributed by atoms with Crippen LogP contribution in [0.5, 0.6) is 0 Å². The third-order valence-electron chi connectivity index (χ3n) is 4.53. The van der Waals surface area contributed by atoms with Crippen molar-refractivity contribution in [3.8, 4) is 0 Å². The van der Waals surface area contributed by atoms with E-state index < -0.39 is 0 Å². The summed E-state index contributed by atoms with van der Waals surface area (Å²) in [5, 5.41) is 3.57. The van der Waals surface area contributed by atoms with Gasteiger partial charge in [0, 0.05) is 6.54 Å². The summed E-state index contributed by atoms with van der Waals surface area (Å²) in [7, 11) is 2.24. The minimum Gasteiger partial charge on any atom is -0.315 e. The molecule has 1 N–H and O–H groups in total. The van der Waals surface area contributed by atoms with E-state index in [0.29, 0.717) is 0 Å². The first-order valence-corrected chi connectivity index (χ1v) is 7.37. The minimum atomic E-state index is 0.104. The molecular weight excluding hydrogens is 232 g/mol. The molecule has 2 heteroatoms. The van der Waals surface area contributed by atoms with E-state index in [4.69, 9.17) is 0 Å². The summed E-state index contributed by atoms with van der Waals surface area (Å²) in [6, 6.07) is 9.20. The van der Waals surface area contributed by atoms with E-state index in [-0.39, 0.29) is 11.0 Å². The van der Waals surface area contributed by atoms with Gasteiger partial charge in [-0.1, -0.05) is 45.0 Å². The van der Waals surface area contributed by atoms with Crippen molar-refractivity contribution in [1.82, 2.24) is 10.2 Å². The Morgan fingerprint density at radius 2 is 1.79 bits per heavy atom. The van der Waals surface area contributed by atoms with Gasteiger partial charge in [-0.05, 0) is 50.0 Å². The van der Waals surface area contributed by atoms with E-state index in [9.17, 15) is 0 Å². The third-order valence-corrected chi connectivity index (χ3v) is 4.53. The van der Waals surface area contributed by atoms with Crippen molar-refractivity contribution in [2.45, 2.75) is 45.1 Å². The second-order valence-corrected chi connectivity index (χ2v) is 7.05. The van der Waals surface area contributed by atoms with Crippen molar-refractivity contribution in [2.24, 2.45) is 0 Å². The zero-order valence-corrected chi connectivity index (χ0v) is 13.1. The number of rotatable bonds is 1. The molecule has 1 atom stereocenters. The van der Waals surface area contributed by atoms with E-state index in [1.807, 2.05) is 0 Å². The molecule has 1 heterocycles. The van der Waals surface area contributed by atoms with Crippen LogP contribution in [0.3, 0.4) is 0 Å². The molecule has 0 radical (unpaired) electrons. The summed E-state index contributed by atoms with van der Waals surface area (Å²) in [6.45, 7) is 12.5. The van der Waals surface area contributed by atoms with E-state index in [2.05, 4.69) is 69.2 Å². The predicted molar refractivity (Wildman–Crippen MR) is 82.6 cm³/mol. The lowest BCUT2D eigenvalue weighted by Gasteiger charge is -2.38. The lowest BCUT2D eigenvalue weighted by atomic mass is 9.83. The standard InChI is InChI=1S/C17H28N2/c1-16(2,3)14-7-9-15(10-8-14)17(4)13-18-11-6-12-19(17)5/h7-10,18H,6,11-13H2,1-5H3. The molecule has 1 saturated heterocycles. The van der Waals surface area contributed by atoms with Crippen LogP contribution in [0.15, 0.2) is 24.3 Å². The molecule has 19 heavy (non-hydrogen) atoms. The number of likely N-dealkylation sites (N-methyl/N-ethyl adjacent to an activating group) is 1. The van der Waals surface area contributed by atoms with Crippen molar-refractivity contribution < 1.29 is 0 Å². The van der Waals surface area contributed by atoms with Crippen molar-refractivity contribution in [1.29, 1.82) is 0 Å². The molecule has 0 aliphatic carbocycles. The van der Waals surface area contributed by atoms with Gasteiger partial charge in [0.1, 0.15) is 0 Å². The number of nitrogens with one attached hydrogen (secondary N) is 1. The van der Waals surface area contributed by atoms with Gasteiger partial charge in [0.25, 0.3) is 0 Å². The molecule has 0 spiro atoms. The highest BCUT2D eigenvalue weighted by atomic mass is 15.2. The van der Waals surface area contributed by atoms with Gasteiger partial charge < -0.3 is 5.32 Å². The highest BCUT2D eigenvalue weighted by Crippen LogP contribution is 2.30. The molecule has 0 bridgehead atoms. The number of hydrogen-bond donors (Lipinski definition) is 1. The van der Waals surface area contributed by atoms with Gasteiger partial charge in [-0.2, -0.15) is 0 Å². The fourth-order valence-electron chi connectivity index (χ4n) is 2.81. The quantitative estimate of drug-likeness (QED) is 0.834. The van der Waals surface area contributed by atoms with Gasteiger partial charge in [0.2, 0.25) is 0 Å². The normalized spacial score (nSPS) is 26.2. The van der Waals surface area contributed by atoms with Crippen LogP contribution in [-0.2, 0) is 11.0 Å². The predicted octanol–water partition coefficient (Wildman–Crippen LogP) is 3.12. The summed E-state index contributed by atoms with van der Waals surface area (Å²) in [5.41, 5.74) is 3.15. The Morgan fingerprint density at radius 3 is 2.37 bits per heavy atom. The Hall–Kier alpha value is -0.860. The van der Waals surface area contributed by atoms with Gasteiger partial charge in [-0.25, -0.2) is 0 Å². The van der Waals surface area contributed by atoms with Gasteiger partial charge in [-0.3, -0.25) is 4.90 Å². The molecular formula is C17H28N2. The molecule has 2 nitrogen and oxygen atoms in total. The van der Waals surface area contributed by atoms with Crippen LogP contribution in [-0.4, -0.2) is 31.6 Å². The molecule has 1 fully saturated rings. The molecule has 106 valence electrons. The van der Waals surface area contributed by atoms with Gasteiger partial charge in [0.05, 0.1) is 5.54 Å². The SMILES string of the molecule is CN1CCCNCC1(C)c1ccc(C(C)(C)C)cc1. The highest BCUT2D eigenvalue weighted by molar-refractivity contribution is 5.32. The molecule has 0 amide bonds. The Bertz CT molecular complexity index is 416. The zero-order valence-electron chi connectivity index (χ0n) is 13.1. The van der Waals surface area contributed by atoms with Crippen LogP contribution >= 0.6 is 0 Å². The van der Waals surface area contributed by atoms with Crippen molar-refractivity contribution in [3.63, 3.8) is 0 Å². The van der Waals surface area contributed by atoms with Crippen LogP contribution in [0, 0.1) is 0 Å². The lowest BCUT2D eigenvalue weighted by Crippen LogP contribution is -2.46. The number of benzene rings is 1. The lowest BCUT2D eigenvalue weighted by molar-refractivity contribution is 0.151. The van der Waals surface area contributed by atoms with E-state index >= 15 is 0 Å². The molecule has 0 aromatic heterocycles. The zero-order chi connectivity index (χ0) is 14.1. The Kier molecular flexibility index (Phi) is 4.03. The maximum atomic E-state index is 3.57. The van der Waals surface area contributed by atoms with Gasteiger partial charge in [0.15, 0.2) is 0 Å². The number of hydrogen-bond acceptors (Lipinski definition) is 2. The first-order valence-electron chi connectivity index (χ1n) is 7.37. The maximum absolute atomic E-state index is 3.57. The Balaban J connectivity index is 2.29. The van der Waals surface area contributed by atoms with Gasteiger partial charge >= 0.3 is 0 Å². The third kappa shape index (κ3) is 3.01. The monoisotopic (exact) mass is 260 g/mol. The second kappa shape index (κ2) is 5.26. The van der Waals surface area contributed by atoms with Crippen LogP contribution in [0.25, 0.3) is 0 Å². The molecule has 2 rings (SSSR count). The van der Waals surface area contributed by atoms with Crippen molar-refractivity contribution in [2.75, 3.05) is 26.7 Å². The van der Waals surface area contributed by atoms with Crippen LogP contribution < -0.4 is 5.32 Å². The Morgan fingerprint density at radius 1 is 1.16 bits per heavy atom. The molecule has 1 unspecified atom stereocenters. The maximum Gasteiger partial charge on any atom is 0.0554 e. The molecule has 1 aromatic carbocycles. The smallest absolute Gasteiger partial charge is 0.0554 e. The highest BCUT2D eigenvalue weighted by Gasteiger charge is 2.32. The van der Waals surface area contributed by atoms with E-state index in [1.165, 1.54) is 17.5 Å². The average molecular weight is 260 g/mol. The van der Waals surface area contributed by atoms with E-state index in [0.717, 1.165) is 19.6 Å². The van der Waals surface area contributed by atoms with Crippen molar-refractivity contribution >= 4 is 0 Å². The minimum absolute atomic E-state index is 0.104. The second-order valence-electron chi connectivity index (χ2n) is 7.05. The summed E-state index contributed by atoms with van der Waals surface area (Å²) < 4.78 is 0. The molecule has 1 aliphatic rings. The fourth-order valence-corrected chi connectivity index (χ4v) is 2.81. The van der Waals surface area contributed by atoms with Crippen LogP contribution in [0.2, 0.25) is 0 Å². The summed E-state index contributed by atoms with van der Waals surface area (Å²) in [5.74, 6) is 0. The van der Waals surface area contributed by atoms with Crippen LogP contribution in [0.4, 0.5) is 0 Å². The Labute approximate surface area is 118 Å². The first-order chi connectivity index (χ1) is 8.84.